The first-order valence-electron chi connectivity index (χ1n) is 6.14. The molecule has 3 heteroatoms. The number of nitrogens with zero attached hydrogens (tertiary/aromatic N) is 1. The highest BCUT2D eigenvalue weighted by atomic mass is 15.0. The molecule has 3 unspecified atom stereocenters. The van der Waals surface area contributed by atoms with Gasteiger partial charge in [0, 0.05) is 12.1 Å². The summed E-state index contributed by atoms with van der Waals surface area (Å²) in [6.07, 6.45) is 6.73. The van der Waals surface area contributed by atoms with Crippen LogP contribution in [0.25, 0.3) is 0 Å². The van der Waals surface area contributed by atoms with Crippen LogP contribution in [0.2, 0.25) is 0 Å². The van der Waals surface area contributed by atoms with Gasteiger partial charge < -0.3 is 11.1 Å². The summed E-state index contributed by atoms with van der Waals surface area (Å²) in [6, 6.07) is 3.14. The van der Waals surface area contributed by atoms with E-state index in [1.54, 1.807) is 0 Å². The first-order valence-corrected chi connectivity index (χ1v) is 6.14. The number of rotatable bonds is 5. The highest BCUT2D eigenvalue weighted by Crippen LogP contribution is 2.24. The van der Waals surface area contributed by atoms with E-state index in [0.29, 0.717) is 24.4 Å². The third-order valence-electron chi connectivity index (χ3n) is 3.49. The predicted octanol–water partition coefficient (Wildman–Crippen LogP) is 1.79. The van der Waals surface area contributed by atoms with Crippen LogP contribution in [0.1, 0.15) is 45.4 Å². The fourth-order valence-corrected chi connectivity index (χ4v) is 2.44. The molecule has 1 fully saturated rings. The van der Waals surface area contributed by atoms with E-state index in [1.165, 1.54) is 25.7 Å². The Morgan fingerprint density at radius 3 is 2.80 bits per heavy atom. The van der Waals surface area contributed by atoms with Crippen LogP contribution in [-0.2, 0) is 0 Å². The van der Waals surface area contributed by atoms with Gasteiger partial charge >= 0.3 is 0 Å². The summed E-state index contributed by atoms with van der Waals surface area (Å²) in [5.41, 5.74) is 5.78. The van der Waals surface area contributed by atoms with Gasteiger partial charge in [0.15, 0.2) is 0 Å². The van der Waals surface area contributed by atoms with Gasteiger partial charge in [0.2, 0.25) is 0 Å². The van der Waals surface area contributed by atoms with Gasteiger partial charge in [0.1, 0.15) is 0 Å². The average molecular weight is 209 g/mol. The minimum Gasteiger partial charge on any atom is -0.330 e. The maximum absolute atomic E-state index is 8.71. The summed E-state index contributed by atoms with van der Waals surface area (Å²) in [6.45, 7) is 2.91. The van der Waals surface area contributed by atoms with Gasteiger partial charge in [-0.05, 0) is 31.7 Å². The molecular formula is C12H23N3. The number of nitriles is 1. The lowest BCUT2D eigenvalue weighted by atomic mass is 9.84. The minimum absolute atomic E-state index is 0.354. The summed E-state index contributed by atoms with van der Waals surface area (Å²) >= 11 is 0. The highest BCUT2D eigenvalue weighted by molar-refractivity contribution is 4.87. The summed E-state index contributed by atoms with van der Waals surface area (Å²) < 4.78 is 0. The quantitative estimate of drug-likeness (QED) is 0.725. The van der Waals surface area contributed by atoms with E-state index in [2.05, 4.69) is 18.3 Å². The van der Waals surface area contributed by atoms with Crippen molar-refractivity contribution in [3.8, 4) is 6.07 Å². The molecule has 0 bridgehead atoms. The summed E-state index contributed by atoms with van der Waals surface area (Å²) in [4.78, 5) is 0. The smallest absolute Gasteiger partial charge is 0.0638 e. The maximum Gasteiger partial charge on any atom is 0.0638 e. The Hall–Kier alpha value is -0.590. The van der Waals surface area contributed by atoms with Crippen LogP contribution in [0.15, 0.2) is 0 Å². The molecule has 3 atom stereocenters. The lowest BCUT2D eigenvalue weighted by Crippen LogP contribution is -2.46. The van der Waals surface area contributed by atoms with E-state index in [0.717, 1.165) is 13.0 Å². The minimum atomic E-state index is 0.354. The Morgan fingerprint density at radius 2 is 2.20 bits per heavy atom. The zero-order chi connectivity index (χ0) is 11.1. The van der Waals surface area contributed by atoms with Crippen LogP contribution in [0.3, 0.4) is 0 Å². The van der Waals surface area contributed by atoms with E-state index in [4.69, 9.17) is 11.0 Å². The van der Waals surface area contributed by atoms with Gasteiger partial charge in [-0.15, -0.1) is 0 Å². The standard InChI is InChI=1S/C12H23N3/c1-2-11(7-8-13)15-12-6-4-3-5-10(12)9-14/h10-12,15H,2-7,9,14H2,1H3. The Balaban J connectivity index is 2.42. The molecule has 0 aromatic heterocycles. The highest BCUT2D eigenvalue weighted by Gasteiger charge is 2.25. The van der Waals surface area contributed by atoms with Gasteiger partial charge in [-0.1, -0.05) is 19.8 Å². The molecule has 15 heavy (non-hydrogen) atoms. The molecule has 86 valence electrons. The Morgan fingerprint density at radius 1 is 1.47 bits per heavy atom. The van der Waals surface area contributed by atoms with E-state index < -0.39 is 0 Å². The molecular weight excluding hydrogens is 186 g/mol. The number of nitrogens with one attached hydrogen (secondary N) is 1. The summed E-state index contributed by atoms with van der Waals surface area (Å²) in [5.74, 6) is 0.617. The predicted molar refractivity (Wildman–Crippen MR) is 62.2 cm³/mol. The van der Waals surface area contributed by atoms with E-state index in [9.17, 15) is 0 Å². The van der Waals surface area contributed by atoms with Crippen molar-refractivity contribution < 1.29 is 0 Å². The van der Waals surface area contributed by atoms with Crippen LogP contribution in [0.5, 0.6) is 0 Å². The number of hydrogen-bond donors (Lipinski definition) is 2. The second kappa shape index (κ2) is 6.81. The lowest BCUT2D eigenvalue weighted by molar-refractivity contribution is 0.245. The van der Waals surface area contributed by atoms with Gasteiger partial charge in [-0.3, -0.25) is 0 Å². The van der Waals surface area contributed by atoms with Crippen molar-refractivity contribution >= 4 is 0 Å². The molecule has 3 nitrogen and oxygen atoms in total. The van der Waals surface area contributed by atoms with Crippen molar-refractivity contribution in [3.05, 3.63) is 0 Å². The second-order valence-corrected chi connectivity index (χ2v) is 4.52. The van der Waals surface area contributed by atoms with Crippen LogP contribution < -0.4 is 11.1 Å². The van der Waals surface area contributed by atoms with Crippen LogP contribution in [0.4, 0.5) is 0 Å². The van der Waals surface area contributed by atoms with Gasteiger partial charge in [0.05, 0.1) is 12.5 Å². The van der Waals surface area contributed by atoms with Crippen molar-refractivity contribution in [2.24, 2.45) is 11.7 Å². The Bertz CT molecular complexity index is 209. The van der Waals surface area contributed by atoms with E-state index in [1.807, 2.05) is 0 Å². The second-order valence-electron chi connectivity index (χ2n) is 4.52. The SMILES string of the molecule is CCC(CC#N)NC1CCCCC1CN. The third-order valence-corrected chi connectivity index (χ3v) is 3.49. The maximum atomic E-state index is 8.71. The monoisotopic (exact) mass is 209 g/mol. The molecule has 0 aliphatic heterocycles. The van der Waals surface area contributed by atoms with Crippen LogP contribution >= 0.6 is 0 Å². The van der Waals surface area contributed by atoms with E-state index in [-0.39, 0.29) is 0 Å². The lowest BCUT2D eigenvalue weighted by Gasteiger charge is -2.34. The van der Waals surface area contributed by atoms with E-state index >= 15 is 0 Å². The normalized spacial score (nSPS) is 28.3. The summed E-state index contributed by atoms with van der Waals surface area (Å²) in [7, 11) is 0. The zero-order valence-electron chi connectivity index (χ0n) is 9.71. The fraction of sp³-hybridized carbons (Fsp3) is 0.917. The van der Waals surface area contributed by atoms with Crippen molar-refractivity contribution in [2.75, 3.05) is 6.54 Å². The average Bonchev–Trinajstić information content (AvgIpc) is 2.29. The molecule has 0 radical (unpaired) electrons. The molecule has 0 aromatic rings. The molecule has 0 saturated heterocycles. The molecule has 1 rings (SSSR count). The number of hydrogen-bond acceptors (Lipinski definition) is 3. The van der Waals surface area contributed by atoms with Crippen molar-refractivity contribution in [2.45, 2.75) is 57.5 Å². The van der Waals surface area contributed by atoms with Crippen molar-refractivity contribution in [3.63, 3.8) is 0 Å². The van der Waals surface area contributed by atoms with Gasteiger partial charge in [0.25, 0.3) is 0 Å². The number of nitrogens with two attached hydrogens (primary N) is 1. The molecule has 1 aliphatic rings. The topological polar surface area (TPSA) is 61.8 Å². The molecule has 0 heterocycles. The first-order chi connectivity index (χ1) is 7.31. The van der Waals surface area contributed by atoms with Crippen molar-refractivity contribution in [1.82, 2.24) is 5.32 Å². The van der Waals surface area contributed by atoms with Gasteiger partial charge in [-0.2, -0.15) is 5.26 Å². The Labute approximate surface area is 93.0 Å². The van der Waals surface area contributed by atoms with Crippen LogP contribution in [0, 0.1) is 17.2 Å². The molecule has 1 aliphatic carbocycles. The third kappa shape index (κ3) is 3.81. The molecule has 0 aromatic carbocycles. The molecule has 3 N–H and O–H groups in total. The molecule has 0 spiro atoms. The molecule has 1 saturated carbocycles. The Kier molecular flexibility index (Phi) is 5.67. The summed E-state index contributed by atoms with van der Waals surface area (Å²) in [5, 5.41) is 12.3. The van der Waals surface area contributed by atoms with Gasteiger partial charge in [-0.25, -0.2) is 0 Å². The largest absolute Gasteiger partial charge is 0.330 e. The molecule has 0 amide bonds. The van der Waals surface area contributed by atoms with Crippen LogP contribution in [-0.4, -0.2) is 18.6 Å². The fourth-order valence-electron chi connectivity index (χ4n) is 2.44. The first kappa shape index (κ1) is 12.5. The zero-order valence-corrected chi connectivity index (χ0v) is 9.71. The van der Waals surface area contributed by atoms with Crippen molar-refractivity contribution in [1.29, 1.82) is 5.26 Å².